The molecule has 1 aliphatic rings. The molecule has 1 aliphatic heterocycles. The lowest BCUT2D eigenvalue weighted by molar-refractivity contribution is 0.198. The van der Waals surface area contributed by atoms with E-state index in [2.05, 4.69) is 15.5 Å². The average molecular weight is 215 g/mol. The molecule has 15 heavy (non-hydrogen) atoms. The van der Waals surface area contributed by atoms with Gasteiger partial charge in [0.25, 0.3) is 0 Å². The molecule has 0 atom stereocenters. The number of methoxy groups -OCH3 is 1. The molecule has 0 saturated carbocycles. The third kappa shape index (κ3) is 6.84. The summed E-state index contributed by atoms with van der Waals surface area (Å²) in [6.45, 7) is 8.93. The molecule has 0 aromatic rings. The first-order valence-electron chi connectivity index (χ1n) is 6.06. The minimum Gasteiger partial charge on any atom is -0.383 e. The van der Waals surface area contributed by atoms with E-state index in [4.69, 9.17) is 4.74 Å². The molecule has 4 heteroatoms. The topological polar surface area (TPSA) is 36.5 Å². The van der Waals surface area contributed by atoms with Crippen LogP contribution in [0.4, 0.5) is 0 Å². The van der Waals surface area contributed by atoms with E-state index >= 15 is 0 Å². The zero-order valence-electron chi connectivity index (χ0n) is 9.93. The van der Waals surface area contributed by atoms with Crippen LogP contribution in [0, 0.1) is 0 Å². The highest BCUT2D eigenvalue weighted by Crippen LogP contribution is 1.96. The number of hydrogen-bond acceptors (Lipinski definition) is 4. The van der Waals surface area contributed by atoms with Crippen molar-refractivity contribution in [1.82, 2.24) is 15.5 Å². The van der Waals surface area contributed by atoms with Crippen LogP contribution in [-0.4, -0.2) is 64.4 Å². The third-order valence-corrected chi connectivity index (χ3v) is 2.77. The molecule has 4 nitrogen and oxygen atoms in total. The zero-order chi connectivity index (χ0) is 10.8. The highest BCUT2D eigenvalue weighted by molar-refractivity contribution is 4.67. The van der Waals surface area contributed by atoms with Crippen LogP contribution < -0.4 is 10.6 Å². The maximum absolute atomic E-state index is 4.97. The van der Waals surface area contributed by atoms with Crippen molar-refractivity contribution >= 4 is 0 Å². The Morgan fingerprint density at radius 3 is 2.73 bits per heavy atom. The Morgan fingerprint density at radius 1 is 1.20 bits per heavy atom. The van der Waals surface area contributed by atoms with Crippen molar-refractivity contribution in [3.05, 3.63) is 0 Å². The predicted molar refractivity (Wildman–Crippen MR) is 63.3 cm³/mol. The fraction of sp³-hybridized carbons (Fsp3) is 1.00. The lowest BCUT2D eigenvalue weighted by Crippen LogP contribution is -2.43. The Kier molecular flexibility index (Phi) is 7.83. The minimum absolute atomic E-state index is 0.817. The fourth-order valence-electron chi connectivity index (χ4n) is 1.82. The molecular weight excluding hydrogens is 190 g/mol. The van der Waals surface area contributed by atoms with Gasteiger partial charge in [-0.15, -0.1) is 0 Å². The second-order valence-electron chi connectivity index (χ2n) is 4.04. The summed E-state index contributed by atoms with van der Waals surface area (Å²) in [5.41, 5.74) is 0. The second kappa shape index (κ2) is 9.09. The highest BCUT2D eigenvalue weighted by atomic mass is 16.5. The molecular formula is C11H25N3O. The van der Waals surface area contributed by atoms with Gasteiger partial charge in [-0.25, -0.2) is 0 Å². The molecule has 0 aliphatic carbocycles. The highest BCUT2D eigenvalue weighted by Gasteiger charge is 2.07. The Labute approximate surface area is 93.4 Å². The molecule has 0 radical (unpaired) electrons. The van der Waals surface area contributed by atoms with Gasteiger partial charge in [0.15, 0.2) is 0 Å². The van der Waals surface area contributed by atoms with Gasteiger partial charge in [0.2, 0.25) is 0 Å². The molecule has 0 spiro atoms. The van der Waals surface area contributed by atoms with E-state index in [1.54, 1.807) is 7.11 Å². The molecule has 2 N–H and O–H groups in total. The van der Waals surface area contributed by atoms with E-state index in [0.29, 0.717) is 0 Å². The zero-order valence-corrected chi connectivity index (χ0v) is 9.93. The molecule has 90 valence electrons. The molecule has 0 amide bonds. The van der Waals surface area contributed by atoms with Crippen LogP contribution in [0.2, 0.25) is 0 Å². The van der Waals surface area contributed by atoms with E-state index in [9.17, 15) is 0 Å². The van der Waals surface area contributed by atoms with Crippen LogP contribution in [0.15, 0.2) is 0 Å². The van der Waals surface area contributed by atoms with Crippen molar-refractivity contribution in [2.45, 2.75) is 12.8 Å². The van der Waals surface area contributed by atoms with E-state index in [0.717, 1.165) is 32.8 Å². The van der Waals surface area contributed by atoms with E-state index in [-0.39, 0.29) is 0 Å². The maximum atomic E-state index is 4.97. The normalized spacial score (nSPS) is 18.2. The number of ether oxygens (including phenoxy) is 1. The third-order valence-electron chi connectivity index (χ3n) is 2.77. The number of hydrogen-bond donors (Lipinski definition) is 2. The van der Waals surface area contributed by atoms with Gasteiger partial charge >= 0.3 is 0 Å². The SMILES string of the molecule is COCCNCCCCN1CCNCC1. The van der Waals surface area contributed by atoms with E-state index in [1.165, 1.54) is 32.5 Å². The first kappa shape index (κ1) is 12.9. The van der Waals surface area contributed by atoms with Crippen LogP contribution in [0.3, 0.4) is 0 Å². The summed E-state index contributed by atoms with van der Waals surface area (Å²) in [6.07, 6.45) is 2.58. The van der Waals surface area contributed by atoms with Crippen molar-refractivity contribution in [3.63, 3.8) is 0 Å². The van der Waals surface area contributed by atoms with Crippen LogP contribution in [0.25, 0.3) is 0 Å². The standard InChI is InChI=1S/C11H25N3O/c1-15-11-7-12-4-2-3-8-14-9-5-13-6-10-14/h12-13H,2-11H2,1H3. The Bertz CT molecular complexity index is 138. The van der Waals surface area contributed by atoms with Crippen molar-refractivity contribution in [1.29, 1.82) is 0 Å². The molecule has 1 fully saturated rings. The van der Waals surface area contributed by atoms with Crippen LogP contribution >= 0.6 is 0 Å². The lowest BCUT2D eigenvalue weighted by atomic mass is 10.2. The summed E-state index contributed by atoms with van der Waals surface area (Å²) >= 11 is 0. The van der Waals surface area contributed by atoms with E-state index < -0.39 is 0 Å². The van der Waals surface area contributed by atoms with Crippen LogP contribution in [-0.2, 0) is 4.74 Å². The van der Waals surface area contributed by atoms with Crippen LogP contribution in [0.5, 0.6) is 0 Å². The monoisotopic (exact) mass is 215 g/mol. The smallest absolute Gasteiger partial charge is 0.0587 e. The maximum Gasteiger partial charge on any atom is 0.0587 e. The van der Waals surface area contributed by atoms with Crippen LogP contribution in [0.1, 0.15) is 12.8 Å². The molecule has 1 saturated heterocycles. The van der Waals surface area contributed by atoms with Gasteiger partial charge in [-0.3, -0.25) is 0 Å². The molecule has 0 aromatic heterocycles. The Morgan fingerprint density at radius 2 is 2.00 bits per heavy atom. The number of nitrogens with zero attached hydrogens (tertiary/aromatic N) is 1. The van der Waals surface area contributed by atoms with Gasteiger partial charge in [-0.2, -0.15) is 0 Å². The van der Waals surface area contributed by atoms with Gasteiger partial charge in [-0.05, 0) is 25.9 Å². The Balaban J connectivity index is 1.79. The summed E-state index contributed by atoms with van der Waals surface area (Å²) in [6, 6.07) is 0. The molecule has 0 unspecified atom stereocenters. The number of nitrogens with one attached hydrogen (secondary N) is 2. The van der Waals surface area contributed by atoms with Gasteiger partial charge in [0, 0.05) is 39.8 Å². The van der Waals surface area contributed by atoms with Crippen molar-refractivity contribution in [2.24, 2.45) is 0 Å². The molecule has 1 rings (SSSR count). The number of piperazine rings is 1. The van der Waals surface area contributed by atoms with Crippen molar-refractivity contribution in [3.8, 4) is 0 Å². The summed E-state index contributed by atoms with van der Waals surface area (Å²) in [5.74, 6) is 0. The van der Waals surface area contributed by atoms with Gasteiger partial charge in [-0.1, -0.05) is 0 Å². The fourth-order valence-corrected chi connectivity index (χ4v) is 1.82. The molecule has 1 heterocycles. The van der Waals surface area contributed by atoms with Crippen molar-refractivity contribution in [2.75, 3.05) is 59.5 Å². The summed E-state index contributed by atoms with van der Waals surface area (Å²) < 4.78 is 4.97. The molecule has 0 aromatic carbocycles. The summed E-state index contributed by atoms with van der Waals surface area (Å²) in [5, 5.41) is 6.74. The quantitative estimate of drug-likeness (QED) is 0.555. The largest absolute Gasteiger partial charge is 0.383 e. The summed E-state index contributed by atoms with van der Waals surface area (Å²) in [4.78, 5) is 2.55. The van der Waals surface area contributed by atoms with Gasteiger partial charge in [0.05, 0.1) is 6.61 Å². The average Bonchev–Trinajstić information content (AvgIpc) is 2.29. The Hall–Kier alpha value is -0.160. The first-order chi connectivity index (χ1) is 7.43. The van der Waals surface area contributed by atoms with Gasteiger partial charge < -0.3 is 20.3 Å². The number of rotatable bonds is 8. The van der Waals surface area contributed by atoms with Gasteiger partial charge in [0.1, 0.15) is 0 Å². The predicted octanol–water partition coefficient (Wildman–Crippen LogP) is -0.0922. The number of unbranched alkanes of at least 4 members (excludes halogenated alkanes) is 1. The molecule has 0 bridgehead atoms. The summed E-state index contributed by atoms with van der Waals surface area (Å²) in [7, 11) is 1.74. The second-order valence-corrected chi connectivity index (χ2v) is 4.04. The van der Waals surface area contributed by atoms with Crippen molar-refractivity contribution < 1.29 is 4.74 Å². The lowest BCUT2D eigenvalue weighted by Gasteiger charge is -2.27. The van der Waals surface area contributed by atoms with E-state index in [1.807, 2.05) is 0 Å². The minimum atomic E-state index is 0.817. The first-order valence-corrected chi connectivity index (χ1v) is 6.06.